The van der Waals surface area contributed by atoms with Gasteiger partial charge in [0.2, 0.25) is 0 Å². The molecule has 0 saturated heterocycles. The Balaban J connectivity index is 2.12. The second-order valence-corrected chi connectivity index (χ2v) is 7.69. The molecule has 6 heteroatoms. The molecule has 0 spiro atoms. The van der Waals surface area contributed by atoms with Crippen molar-refractivity contribution in [3.8, 4) is 5.75 Å². The van der Waals surface area contributed by atoms with Gasteiger partial charge in [-0.25, -0.2) is 14.4 Å². The molecule has 1 aliphatic heterocycles. The minimum atomic E-state index is -0.964. The third-order valence-electron chi connectivity index (χ3n) is 5.17. The van der Waals surface area contributed by atoms with E-state index in [4.69, 9.17) is 15.5 Å². The first-order valence-corrected chi connectivity index (χ1v) is 9.60. The number of hydrogen-bond donors (Lipinski definition) is 1. The Morgan fingerprint density at radius 2 is 1.79 bits per heavy atom. The summed E-state index contributed by atoms with van der Waals surface area (Å²) in [6.45, 7) is 3.97. The highest BCUT2D eigenvalue weighted by molar-refractivity contribution is 9.10. The third kappa shape index (κ3) is 2.63. The van der Waals surface area contributed by atoms with Gasteiger partial charge in [-0.1, -0.05) is 12.1 Å². The standard InChI is InChI=1S/C22H19BrFN3O/c1-12-9-15(10-13(2)20(12)28-3)22(14-7-8-26-18(23)11-14)16-5-4-6-17(24)19(16)21(25)27-22/h4-11H,1-3H3,(H2,25,27). The second kappa shape index (κ2) is 6.71. The molecule has 2 aromatic carbocycles. The Bertz CT molecular complexity index is 1110. The molecule has 1 atom stereocenters. The second-order valence-electron chi connectivity index (χ2n) is 6.88. The van der Waals surface area contributed by atoms with E-state index in [1.165, 1.54) is 6.07 Å². The van der Waals surface area contributed by atoms with E-state index in [1.807, 2.05) is 44.2 Å². The lowest BCUT2D eigenvalue weighted by Crippen LogP contribution is -2.26. The summed E-state index contributed by atoms with van der Waals surface area (Å²) in [5.74, 6) is 0.632. The Hall–Kier alpha value is -2.73. The molecule has 4 nitrogen and oxygen atoms in total. The van der Waals surface area contributed by atoms with Crippen molar-refractivity contribution in [2.24, 2.45) is 10.7 Å². The lowest BCUT2D eigenvalue weighted by atomic mass is 9.77. The number of nitrogens with zero attached hydrogens (tertiary/aromatic N) is 2. The summed E-state index contributed by atoms with van der Waals surface area (Å²) in [5, 5.41) is 0. The first kappa shape index (κ1) is 18.6. The zero-order chi connectivity index (χ0) is 20.1. The number of halogens is 2. The van der Waals surface area contributed by atoms with Gasteiger partial charge in [0.15, 0.2) is 0 Å². The lowest BCUT2D eigenvalue weighted by molar-refractivity contribution is 0.408. The molecule has 2 heterocycles. The summed E-state index contributed by atoms with van der Waals surface area (Å²) in [6.07, 6.45) is 1.70. The molecule has 28 heavy (non-hydrogen) atoms. The third-order valence-corrected chi connectivity index (χ3v) is 5.61. The van der Waals surface area contributed by atoms with Crippen molar-refractivity contribution in [1.29, 1.82) is 0 Å². The Morgan fingerprint density at radius 1 is 1.07 bits per heavy atom. The van der Waals surface area contributed by atoms with Crippen LogP contribution in [0.4, 0.5) is 4.39 Å². The largest absolute Gasteiger partial charge is 0.496 e. The van der Waals surface area contributed by atoms with Crippen molar-refractivity contribution in [1.82, 2.24) is 4.98 Å². The Kier molecular flexibility index (Phi) is 4.46. The van der Waals surface area contributed by atoms with E-state index in [2.05, 4.69) is 20.9 Å². The van der Waals surface area contributed by atoms with Gasteiger partial charge in [0.05, 0.1) is 12.7 Å². The molecular weight excluding hydrogens is 421 g/mol. The number of aryl methyl sites for hydroxylation is 2. The van der Waals surface area contributed by atoms with E-state index >= 15 is 0 Å². The number of hydrogen-bond acceptors (Lipinski definition) is 4. The maximum absolute atomic E-state index is 14.7. The number of pyridine rings is 1. The topological polar surface area (TPSA) is 60.5 Å². The quantitative estimate of drug-likeness (QED) is 0.605. The van der Waals surface area contributed by atoms with E-state index in [0.717, 1.165) is 28.0 Å². The summed E-state index contributed by atoms with van der Waals surface area (Å²) in [7, 11) is 1.65. The maximum Gasteiger partial charge on any atom is 0.139 e. The van der Waals surface area contributed by atoms with Gasteiger partial charge in [0.1, 0.15) is 27.5 Å². The number of aromatic nitrogens is 1. The normalized spacial score (nSPS) is 18.0. The Morgan fingerprint density at radius 3 is 2.43 bits per heavy atom. The number of nitrogens with two attached hydrogens (primary N) is 1. The van der Waals surface area contributed by atoms with Crippen molar-refractivity contribution in [2.45, 2.75) is 19.4 Å². The molecule has 142 valence electrons. The van der Waals surface area contributed by atoms with Gasteiger partial charge in [-0.2, -0.15) is 0 Å². The van der Waals surface area contributed by atoms with Gasteiger partial charge in [0, 0.05) is 11.8 Å². The first-order valence-electron chi connectivity index (χ1n) is 8.81. The number of fused-ring (bicyclic) bond motifs is 1. The zero-order valence-electron chi connectivity index (χ0n) is 15.8. The summed E-state index contributed by atoms with van der Waals surface area (Å²) in [4.78, 5) is 9.07. The first-order chi connectivity index (χ1) is 13.4. The van der Waals surface area contributed by atoms with Crippen molar-refractivity contribution in [2.75, 3.05) is 7.11 Å². The van der Waals surface area contributed by atoms with Crippen LogP contribution in [0, 0.1) is 19.7 Å². The fraction of sp³-hybridized carbons (Fsp3) is 0.182. The van der Waals surface area contributed by atoms with E-state index in [0.29, 0.717) is 15.7 Å². The molecule has 0 bridgehead atoms. The van der Waals surface area contributed by atoms with Crippen LogP contribution in [0.5, 0.6) is 5.75 Å². The molecule has 1 unspecified atom stereocenters. The molecule has 3 aromatic rings. The number of methoxy groups -OCH3 is 1. The number of amidine groups is 1. The Labute approximate surface area is 171 Å². The summed E-state index contributed by atoms with van der Waals surface area (Å²) >= 11 is 3.44. The molecule has 4 rings (SSSR count). The van der Waals surface area contributed by atoms with Gasteiger partial charge >= 0.3 is 0 Å². The minimum Gasteiger partial charge on any atom is -0.496 e. The average molecular weight is 440 g/mol. The predicted octanol–water partition coefficient (Wildman–Crippen LogP) is 4.62. The molecule has 0 radical (unpaired) electrons. The summed E-state index contributed by atoms with van der Waals surface area (Å²) in [6, 6.07) is 12.8. The SMILES string of the molecule is COc1c(C)cc(C2(c3ccnc(Br)c3)N=C(N)c3c(F)cccc32)cc1C. The molecular formula is C22H19BrFN3O. The van der Waals surface area contributed by atoms with Crippen molar-refractivity contribution in [3.63, 3.8) is 0 Å². The van der Waals surface area contributed by atoms with Crippen molar-refractivity contribution >= 4 is 21.8 Å². The van der Waals surface area contributed by atoms with Crippen LogP contribution in [0.1, 0.15) is 33.4 Å². The van der Waals surface area contributed by atoms with Crippen LogP contribution in [0.3, 0.4) is 0 Å². The average Bonchev–Trinajstić information content (AvgIpc) is 2.96. The van der Waals surface area contributed by atoms with E-state index in [1.54, 1.807) is 19.4 Å². The molecule has 0 saturated carbocycles. The fourth-order valence-electron chi connectivity index (χ4n) is 4.10. The van der Waals surface area contributed by atoms with E-state index in [-0.39, 0.29) is 11.7 Å². The molecule has 0 aliphatic carbocycles. The predicted molar refractivity (Wildman–Crippen MR) is 111 cm³/mol. The van der Waals surface area contributed by atoms with Crippen molar-refractivity contribution in [3.05, 3.63) is 92.5 Å². The van der Waals surface area contributed by atoms with E-state index in [9.17, 15) is 4.39 Å². The van der Waals surface area contributed by atoms with Crippen LogP contribution in [0.2, 0.25) is 0 Å². The highest BCUT2D eigenvalue weighted by Gasteiger charge is 2.44. The summed E-state index contributed by atoms with van der Waals surface area (Å²) in [5.41, 5.74) is 10.0. The summed E-state index contributed by atoms with van der Waals surface area (Å²) < 4.78 is 20.9. The molecule has 1 aromatic heterocycles. The maximum atomic E-state index is 14.7. The van der Waals surface area contributed by atoms with Crippen LogP contribution in [-0.4, -0.2) is 17.9 Å². The molecule has 1 aliphatic rings. The number of rotatable bonds is 3. The van der Waals surface area contributed by atoms with Gasteiger partial charge in [-0.3, -0.25) is 0 Å². The molecule has 2 N–H and O–H groups in total. The van der Waals surface area contributed by atoms with Crippen molar-refractivity contribution < 1.29 is 9.13 Å². The van der Waals surface area contributed by atoms with Gasteiger partial charge in [0.25, 0.3) is 0 Å². The van der Waals surface area contributed by atoms with Crippen LogP contribution in [0.15, 0.2) is 58.3 Å². The number of benzene rings is 2. The number of aliphatic imine (C=N–C) groups is 1. The highest BCUT2D eigenvalue weighted by Crippen LogP contribution is 2.47. The number of ether oxygens (including phenoxy) is 1. The van der Waals surface area contributed by atoms with Crippen LogP contribution < -0.4 is 10.5 Å². The molecule has 0 fully saturated rings. The van der Waals surface area contributed by atoms with Gasteiger partial charge < -0.3 is 10.5 Å². The zero-order valence-corrected chi connectivity index (χ0v) is 17.3. The molecule has 0 amide bonds. The smallest absolute Gasteiger partial charge is 0.139 e. The van der Waals surface area contributed by atoms with Crippen LogP contribution in [0.25, 0.3) is 0 Å². The van der Waals surface area contributed by atoms with Crippen LogP contribution >= 0.6 is 15.9 Å². The van der Waals surface area contributed by atoms with E-state index < -0.39 is 5.54 Å². The monoisotopic (exact) mass is 439 g/mol. The highest BCUT2D eigenvalue weighted by atomic mass is 79.9. The minimum absolute atomic E-state index is 0.187. The fourth-order valence-corrected chi connectivity index (χ4v) is 4.46. The van der Waals surface area contributed by atoms with Gasteiger partial charge in [-0.05, 0) is 82.4 Å². The lowest BCUT2D eigenvalue weighted by Gasteiger charge is -2.30. The van der Waals surface area contributed by atoms with Crippen LogP contribution in [-0.2, 0) is 5.54 Å². The van der Waals surface area contributed by atoms with Gasteiger partial charge in [-0.15, -0.1) is 0 Å².